The van der Waals surface area contributed by atoms with Gasteiger partial charge in [0.05, 0.1) is 34.1 Å². The van der Waals surface area contributed by atoms with Gasteiger partial charge in [-0.2, -0.15) is 30.0 Å². The van der Waals surface area contributed by atoms with Crippen molar-refractivity contribution in [1.82, 2.24) is 0 Å². The first-order valence-electron chi connectivity index (χ1n) is 12.4. The van der Waals surface area contributed by atoms with E-state index in [1.54, 1.807) is 66.7 Å². The van der Waals surface area contributed by atoms with Crippen molar-refractivity contribution in [2.75, 3.05) is 0 Å². The number of aliphatic imine (C=N–C) groups is 6. The molecule has 0 heterocycles. The summed E-state index contributed by atoms with van der Waals surface area (Å²) in [6.45, 7) is 0. The summed E-state index contributed by atoms with van der Waals surface area (Å²) < 4.78 is 0. The molecular weight excluding hydrogens is 564 g/mol. The van der Waals surface area contributed by atoms with Gasteiger partial charge in [0.25, 0.3) is 0 Å². The molecule has 0 fully saturated rings. The molecule has 12 heteroatoms. The molecule has 4 aromatic rings. The molecule has 0 saturated carbocycles. The SMILES string of the molecule is O=C=Nc1ccc(Cc2cc(N=C=O)ccc2N=C=O)cc1.O=C=Nc1ccc(Cc2ccc(N=C=O)cc2N=C=O)cc1. The van der Waals surface area contributed by atoms with E-state index in [4.69, 9.17) is 0 Å². The topological polar surface area (TPSA) is 177 Å². The fourth-order valence-corrected chi connectivity index (χ4v) is 3.89. The van der Waals surface area contributed by atoms with Crippen molar-refractivity contribution in [3.05, 3.63) is 107 Å². The second-order valence-electron chi connectivity index (χ2n) is 8.53. The maximum absolute atomic E-state index is 10.5. The number of isocyanates is 6. The third-order valence-corrected chi connectivity index (χ3v) is 5.82. The Morgan fingerprint density at radius 1 is 0.364 bits per heavy atom. The summed E-state index contributed by atoms with van der Waals surface area (Å²) in [4.78, 5) is 83.3. The second-order valence-corrected chi connectivity index (χ2v) is 8.53. The lowest BCUT2D eigenvalue weighted by atomic mass is 10.0. The highest BCUT2D eigenvalue weighted by Gasteiger charge is 2.07. The minimum absolute atomic E-state index is 0.364. The quantitative estimate of drug-likeness (QED) is 0.155. The van der Waals surface area contributed by atoms with Crippen LogP contribution < -0.4 is 0 Å². The van der Waals surface area contributed by atoms with Crippen molar-refractivity contribution >= 4 is 70.6 Å². The monoisotopic (exact) mass is 582 g/mol. The molecule has 0 saturated heterocycles. The molecule has 0 aliphatic heterocycles. The Labute approximate surface area is 249 Å². The fraction of sp³-hybridized carbons (Fsp3) is 0.0625. The van der Waals surface area contributed by atoms with Crippen LogP contribution in [0.4, 0.5) is 34.1 Å². The number of nitrogens with zero attached hydrogens (tertiary/aromatic N) is 6. The molecule has 0 aliphatic carbocycles. The highest BCUT2D eigenvalue weighted by molar-refractivity contribution is 5.64. The molecule has 0 unspecified atom stereocenters. The van der Waals surface area contributed by atoms with Crippen LogP contribution in [0.3, 0.4) is 0 Å². The van der Waals surface area contributed by atoms with Crippen LogP contribution in [0.2, 0.25) is 0 Å². The standard InChI is InChI=1S/2C16H9N3O3/c20-9-17-14-4-1-12(2-5-14)7-13-3-6-15(18-10-21)8-16(13)19-11-22;20-9-17-14-3-1-12(2-4-14)7-13-8-15(18-10-21)5-6-16(13)19-11-22/h2*1-6,8H,7H2. The lowest BCUT2D eigenvalue weighted by Gasteiger charge is -2.06. The lowest BCUT2D eigenvalue weighted by molar-refractivity contribution is 0.564. The summed E-state index contributed by atoms with van der Waals surface area (Å²) in [5.41, 5.74) is 6.01. The Kier molecular flexibility index (Phi) is 12.3. The summed E-state index contributed by atoms with van der Waals surface area (Å²) in [5.74, 6) is 0. The molecule has 0 bridgehead atoms. The molecule has 0 atom stereocenters. The molecule has 44 heavy (non-hydrogen) atoms. The summed E-state index contributed by atoms with van der Waals surface area (Å²) >= 11 is 0. The van der Waals surface area contributed by atoms with Gasteiger partial charge in [0.1, 0.15) is 0 Å². The van der Waals surface area contributed by atoms with Crippen LogP contribution in [0.15, 0.2) is 115 Å². The van der Waals surface area contributed by atoms with Crippen LogP contribution in [0.1, 0.15) is 22.3 Å². The number of rotatable bonds is 10. The smallest absolute Gasteiger partial charge is 0.211 e. The van der Waals surface area contributed by atoms with Crippen LogP contribution in [-0.4, -0.2) is 36.5 Å². The van der Waals surface area contributed by atoms with Crippen LogP contribution in [-0.2, 0) is 41.6 Å². The lowest BCUT2D eigenvalue weighted by Crippen LogP contribution is -1.88. The van der Waals surface area contributed by atoms with Gasteiger partial charge in [-0.15, -0.1) is 0 Å². The molecule has 0 amide bonds. The Balaban J connectivity index is 0.000000240. The molecule has 12 nitrogen and oxygen atoms in total. The van der Waals surface area contributed by atoms with Gasteiger partial charge in [0.15, 0.2) is 0 Å². The summed E-state index contributed by atoms with van der Waals surface area (Å²) in [7, 11) is 0. The highest BCUT2D eigenvalue weighted by atomic mass is 16.1. The number of hydrogen-bond donors (Lipinski definition) is 0. The predicted molar refractivity (Wildman–Crippen MR) is 158 cm³/mol. The minimum atomic E-state index is 0.364. The van der Waals surface area contributed by atoms with Gasteiger partial charge < -0.3 is 0 Å². The van der Waals surface area contributed by atoms with Crippen molar-refractivity contribution in [3.63, 3.8) is 0 Å². The van der Waals surface area contributed by atoms with Crippen molar-refractivity contribution in [2.24, 2.45) is 30.0 Å². The second kappa shape index (κ2) is 17.1. The third kappa shape index (κ3) is 9.66. The van der Waals surface area contributed by atoms with Gasteiger partial charge in [-0.1, -0.05) is 30.3 Å². The highest BCUT2D eigenvalue weighted by Crippen LogP contribution is 2.29. The normalized spacial score (nSPS) is 9.09. The molecule has 4 aromatic carbocycles. The van der Waals surface area contributed by atoms with Crippen molar-refractivity contribution in [1.29, 1.82) is 0 Å². The zero-order valence-electron chi connectivity index (χ0n) is 22.6. The van der Waals surface area contributed by atoms with E-state index >= 15 is 0 Å². The molecule has 0 radical (unpaired) electrons. The Bertz CT molecular complexity index is 1930. The zero-order chi connectivity index (χ0) is 31.6. The number of carbonyl (C=O) groups excluding carboxylic acids is 6. The number of benzene rings is 4. The first kappa shape index (κ1) is 31.7. The third-order valence-electron chi connectivity index (χ3n) is 5.82. The molecule has 4 rings (SSSR count). The maximum Gasteiger partial charge on any atom is 0.240 e. The molecule has 0 N–H and O–H groups in total. The first-order valence-corrected chi connectivity index (χ1v) is 12.4. The Morgan fingerprint density at radius 2 is 0.750 bits per heavy atom. The Morgan fingerprint density at radius 3 is 1.25 bits per heavy atom. The van der Waals surface area contributed by atoms with Gasteiger partial charge in [-0.3, -0.25) is 0 Å². The first-order chi connectivity index (χ1) is 21.5. The zero-order valence-corrected chi connectivity index (χ0v) is 22.6. The van der Waals surface area contributed by atoms with Crippen LogP contribution >= 0.6 is 0 Å². The Hall–Kier alpha value is -6.84. The van der Waals surface area contributed by atoms with E-state index < -0.39 is 0 Å². The van der Waals surface area contributed by atoms with Crippen molar-refractivity contribution < 1.29 is 28.8 Å². The molecule has 0 spiro atoms. The minimum Gasteiger partial charge on any atom is -0.211 e. The molecule has 212 valence electrons. The number of hydrogen-bond acceptors (Lipinski definition) is 12. The largest absolute Gasteiger partial charge is 0.240 e. The average molecular weight is 583 g/mol. The van der Waals surface area contributed by atoms with E-state index in [9.17, 15) is 28.8 Å². The van der Waals surface area contributed by atoms with Crippen LogP contribution in [0.5, 0.6) is 0 Å². The van der Waals surface area contributed by atoms with E-state index in [0.717, 1.165) is 16.7 Å². The van der Waals surface area contributed by atoms with E-state index in [-0.39, 0.29) is 0 Å². The molecule has 0 aliphatic rings. The van der Waals surface area contributed by atoms with E-state index in [1.807, 2.05) is 12.1 Å². The van der Waals surface area contributed by atoms with Crippen molar-refractivity contribution in [3.8, 4) is 0 Å². The van der Waals surface area contributed by atoms with Gasteiger partial charge in [0, 0.05) is 0 Å². The summed E-state index contributed by atoms with van der Waals surface area (Å²) in [5, 5.41) is 0. The summed E-state index contributed by atoms with van der Waals surface area (Å²) in [6.07, 6.45) is 9.80. The predicted octanol–water partition coefficient (Wildman–Crippen LogP) is 6.36. The van der Waals surface area contributed by atoms with E-state index in [2.05, 4.69) is 30.0 Å². The molecule has 0 aromatic heterocycles. The fourth-order valence-electron chi connectivity index (χ4n) is 3.89. The maximum atomic E-state index is 10.5. The molecular formula is C32H18N6O6. The van der Waals surface area contributed by atoms with Crippen molar-refractivity contribution in [2.45, 2.75) is 12.8 Å². The van der Waals surface area contributed by atoms with Gasteiger partial charge in [-0.05, 0) is 89.7 Å². The van der Waals surface area contributed by atoms with E-state index in [1.165, 1.54) is 42.5 Å². The van der Waals surface area contributed by atoms with E-state index in [0.29, 0.717) is 52.5 Å². The van der Waals surface area contributed by atoms with Crippen LogP contribution in [0, 0.1) is 0 Å². The summed E-state index contributed by atoms with van der Waals surface area (Å²) in [6, 6.07) is 23.6. The van der Waals surface area contributed by atoms with Gasteiger partial charge >= 0.3 is 0 Å². The van der Waals surface area contributed by atoms with Gasteiger partial charge in [0.2, 0.25) is 36.5 Å². The average Bonchev–Trinajstić information content (AvgIpc) is 3.03. The van der Waals surface area contributed by atoms with Crippen LogP contribution in [0.25, 0.3) is 0 Å². The van der Waals surface area contributed by atoms with Gasteiger partial charge in [-0.25, -0.2) is 28.8 Å².